The minimum absolute atomic E-state index is 0. The molecule has 0 aliphatic heterocycles. The van der Waals surface area contributed by atoms with Crippen LogP contribution in [0, 0.1) is 0 Å². The first-order chi connectivity index (χ1) is 3.63. The molecule has 0 fully saturated rings. The van der Waals surface area contributed by atoms with Crippen LogP contribution in [-0.4, -0.2) is 138 Å². The summed E-state index contributed by atoms with van der Waals surface area (Å²) in [6.45, 7) is 0. The molecule has 0 unspecified atom stereocenters. The van der Waals surface area contributed by atoms with Gasteiger partial charge in [-0.05, 0) is 0 Å². The van der Waals surface area contributed by atoms with Crippen LogP contribution in [0.2, 0.25) is 0 Å². The zero-order valence-electron chi connectivity index (χ0n) is 3.76. The fourth-order valence-corrected chi connectivity index (χ4v) is 0.0994. The van der Waals surface area contributed by atoms with Gasteiger partial charge in [0.25, 0.3) is 0 Å². The van der Waals surface area contributed by atoms with Crippen molar-refractivity contribution in [2.75, 3.05) is 0 Å². The first-order valence-corrected chi connectivity index (χ1v) is 1.67. The van der Waals surface area contributed by atoms with Gasteiger partial charge in [-0.1, -0.05) is 0 Å². The van der Waals surface area contributed by atoms with Crippen molar-refractivity contribution in [1.82, 2.24) is 0 Å². The molecule has 0 amide bonds. The van der Waals surface area contributed by atoms with Gasteiger partial charge < -0.3 is 20.1 Å². The Labute approximate surface area is 143 Å². The third-order valence-electron chi connectivity index (χ3n) is 0.228. The maximum absolute atomic E-state index is 7.79. The van der Waals surface area contributed by atoms with E-state index < -0.39 is 14.6 Å². The van der Waals surface area contributed by atoms with Crippen LogP contribution >= 0.6 is 0 Å². The van der Waals surface area contributed by atoms with Crippen molar-refractivity contribution in [3.05, 3.63) is 0 Å². The Balaban J connectivity index is -0.000000245. The van der Waals surface area contributed by atoms with E-state index in [1.807, 2.05) is 0 Å². The molecule has 0 bridgehead atoms. The third-order valence-corrected chi connectivity index (χ3v) is 0.228. The van der Waals surface area contributed by atoms with Crippen LogP contribution in [0.15, 0.2) is 0 Å². The standard InChI is InChI=1S/B2H4O6.2K.2H/c3-1(4)7-8-2(5)6;;;;/h3-6H;;;;. The van der Waals surface area contributed by atoms with Gasteiger partial charge in [0.05, 0.1) is 0 Å². The summed E-state index contributed by atoms with van der Waals surface area (Å²) in [5, 5.41) is 31.1. The van der Waals surface area contributed by atoms with Crippen molar-refractivity contribution in [2.45, 2.75) is 0 Å². The van der Waals surface area contributed by atoms with Gasteiger partial charge in [-0.25, -0.2) is 9.61 Å². The molecule has 6 nitrogen and oxygen atoms in total. The number of hydrogen-bond donors (Lipinski definition) is 4. The second kappa shape index (κ2) is 12.2. The van der Waals surface area contributed by atoms with E-state index >= 15 is 0 Å². The van der Waals surface area contributed by atoms with Crippen LogP contribution in [0.25, 0.3) is 0 Å². The summed E-state index contributed by atoms with van der Waals surface area (Å²) >= 11 is 0. The Hall–Kier alpha value is 3.16. The topological polar surface area (TPSA) is 99.4 Å². The molecule has 50 valence electrons. The Bertz CT molecular complexity index is 49.7. The van der Waals surface area contributed by atoms with Gasteiger partial charge in [-0.2, -0.15) is 0 Å². The van der Waals surface area contributed by atoms with Crippen LogP contribution < -0.4 is 0 Å². The molecule has 10 heavy (non-hydrogen) atoms. The van der Waals surface area contributed by atoms with E-state index in [0.29, 0.717) is 0 Å². The van der Waals surface area contributed by atoms with Crippen molar-refractivity contribution in [3.63, 3.8) is 0 Å². The molecular formula is H6B2K2O6. The van der Waals surface area contributed by atoms with E-state index in [1.54, 1.807) is 0 Å². The van der Waals surface area contributed by atoms with Gasteiger partial charge >= 0.3 is 117 Å². The Kier molecular flexibility index (Phi) is 22.9. The van der Waals surface area contributed by atoms with Crippen molar-refractivity contribution < 1.29 is 29.7 Å². The van der Waals surface area contributed by atoms with Gasteiger partial charge in [0.2, 0.25) is 0 Å². The molecule has 10 heteroatoms. The second-order valence-corrected chi connectivity index (χ2v) is 0.845. The van der Waals surface area contributed by atoms with Gasteiger partial charge in [-0.3, -0.25) is 0 Å². The van der Waals surface area contributed by atoms with Gasteiger partial charge in [0.1, 0.15) is 0 Å². The molecule has 0 saturated heterocycles. The van der Waals surface area contributed by atoms with Gasteiger partial charge in [0.15, 0.2) is 0 Å². The zero-order chi connectivity index (χ0) is 6.57. The molecule has 0 spiro atoms. The summed E-state index contributed by atoms with van der Waals surface area (Å²) in [5.41, 5.74) is 0. The summed E-state index contributed by atoms with van der Waals surface area (Å²) < 4.78 is 0. The molecule has 4 N–H and O–H groups in total. The average molecular weight is 202 g/mol. The molecule has 0 aromatic rings. The molecular weight excluding hydrogens is 196 g/mol. The Morgan fingerprint density at radius 3 is 1.00 bits per heavy atom. The van der Waals surface area contributed by atoms with E-state index in [1.165, 1.54) is 0 Å². The summed E-state index contributed by atoms with van der Waals surface area (Å²) in [4.78, 5) is 6.83. The maximum atomic E-state index is 7.79. The van der Waals surface area contributed by atoms with Crippen molar-refractivity contribution in [3.8, 4) is 0 Å². The fourth-order valence-electron chi connectivity index (χ4n) is 0.0994. The molecule has 0 rings (SSSR count). The monoisotopic (exact) mass is 202 g/mol. The van der Waals surface area contributed by atoms with Crippen LogP contribution in [0.1, 0.15) is 0 Å². The molecule has 0 aliphatic carbocycles. The third kappa shape index (κ3) is 17.3. The summed E-state index contributed by atoms with van der Waals surface area (Å²) in [7, 11) is -4.31. The molecule has 0 aliphatic rings. The average Bonchev–Trinajstić information content (AvgIpc) is 1.61. The van der Waals surface area contributed by atoms with Crippen molar-refractivity contribution in [1.29, 1.82) is 0 Å². The second-order valence-electron chi connectivity index (χ2n) is 0.845. The molecule has 0 saturated carbocycles. The van der Waals surface area contributed by atoms with E-state index in [4.69, 9.17) is 20.1 Å². The zero-order valence-corrected chi connectivity index (χ0v) is 3.76. The Morgan fingerprint density at radius 2 is 0.900 bits per heavy atom. The van der Waals surface area contributed by atoms with Gasteiger partial charge in [0, 0.05) is 0 Å². The van der Waals surface area contributed by atoms with E-state index in [-0.39, 0.29) is 103 Å². The van der Waals surface area contributed by atoms with Crippen LogP contribution in [0.3, 0.4) is 0 Å². The van der Waals surface area contributed by atoms with E-state index in [9.17, 15) is 0 Å². The first kappa shape index (κ1) is 18.9. The fraction of sp³-hybridized carbons (Fsp3) is 0. The number of rotatable bonds is 3. The number of hydrogen-bond acceptors (Lipinski definition) is 6. The van der Waals surface area contributed by atoms with E-state index in [2.05, 4.69) is 9.61 Å². The normalized spacial score (nSPS) is 7.20. The minimum atomic E-state index is -2.16. The predicted molar refractivity (Wildman–Crippen MR) is 36.9 cm³/mol. The summed E-state index contributed by atoms with van der Waals surface area (Å²) in [6, 6.07) is 0. The summed E-state index contributed by atoms with van der Waals surface area (Å²) in [6.07, 6.45) is 0. The molecule has 0 atom stereocenters. The SMILES string of the molecule is OB(O)OOB(O)O.[KH].[KH]. The van der Waals surface area contributed by atoms with Gasteiger partial charge in [-0.15, -0.1) is 0 Å². The van der Waals surface area contributed by atoms with Crippen LogP contribution in [0.4, 0.5) is 0 Å². The predicted octanol–water partition coefficient (Wildman–Crippen LogP) is -4.42. The molecule has 0 heterocycles. The molecule has 0 aromatic carbocycles. The summed E-state index contributed by atoms with van der Waals surface area (Å²) in [5.74, 6) is 0. The molecule has 0 radical (unpaired) electrons. The van der Waals surface area contributed by atoms with E-state index in [0.717, 1.165) is 0 Å². The van der Waals surface area contributed by atoms with Crippen LogP contribution in [-0.2, 0) is 9.61 Å². The van der Waals surface area contributed by atoms with Crippen molar-refractivity contribution >= 4 is 117 Å². The van der Waals surface area contributed by atoms with Crippen molar-refractivity contribution in [2.24, 2.45) is 0 Å². The molecule has 0 aromatic heterocycles. The quantitative estimate of drug-likeness (QED) is 0.209. The Morgan fingerprint density at radius 1 is 0.700 bits per heavy atom. The van der Waals surface area contributed by atoms with Crippen LogP contribution in [0.5, 0.6) is 0 Å². The first-order valence-electron chi connectivity index (χ1n) is 1.67.